The number of aromatic nitrogens is 3. The first-order valence-corrected chi connectivity index (χ1v) is 10.9. The summed E-state index contributed by atoms with van der Waals surface area (Å²) in [5, 5.41) is 0.476. The van der Waals surface area contributed by atoms with Gasteiger partial charge in [0, 0.05) is 14.1 Å². The maximum Gasteiger partial charge on any atom is 0.331 e. The molecule has 0 aliphatic carbocycles. The van der Waals surface area contributed by atoms with Crippen LogP contribution in [0.3, 0.4) is 0 Å². The molecular formula is C26H26FN3O3. The quantitative estimate of drug-likeness (QED) is 0.467. The van der Waals surface area contributed by atoms with E-state index in [1.54, 1.807) is 19.2 Å². The van der Waals surface area contributed by atoms with E-state index in [4.69, 9.17) is 4.74 Å². The maximum absolute atomic E-state index is 13.7. The zero-order chi connectivity index (χ0) is 23.7. The van der Waals surface area contributed by atoms with Gasteiger partial charge < -0.3 is 9.30 Å². The molecule has 1 unspecified atom stereocenters. The molecule has 0 bridgehead atoms. The molecule has 33 heavy (non-hydrogen) atoms. The average molecular weight is 448 g/mol. The van der Waals surface area contributed by atoms with E-state index < -0.39 is 17.3 Å². The smallest absolute Gasteiger partial charge is 0.331 e. The topological polar surface area (TPSA) is 58.2 Å². The lowest BCUT2D eigenvalue weighted by molar-refractivity contribution is -0.00709. The highest BCUT2D eigenvalue weighted by molar-refractivity contribution is 5.96. The van der Waals surface area contributed by atoms with Gasteiger partial charge in [-0.05, 0) is 44.0 Å². The predicted octanol–water partition coefficient (Wildman–Crippen LogP) is 4.01. The van der Waals surface area contributed by atoms with Crippen LogP contribution in [0.4, 0.5) is 4.39 Å². The minimum atomic E-state index is -0.557. The molecule has 5 rings (SSSR count). The van der Waals surface area contributed by atoms with Crippen LogP contribution in [0.25, 0.3) is 22.2 Å². The second-order valence-electron chi connectivity index (χ2n) is 9.42. The third-order valence-electron chi connectivity index (χ3n) is 6.56. The van der Waals surface area contributed by atoms with E-state index >= 15 is 0 Å². The molecular weight excluding hydrogens is 421 g/mol. The number of benzene rings is 2. The van der Waals surface area contributed by atoms with Gasteiger partial charge in [0.1, 0.15) is 11.9 Å². The SMILES string of the molecule is Cc1ccc(-c2c3c(=O)n(C)c(=O)n(C)c3c3n2C(C)(C)COC3c2ccc(F)cc2)cc1. The van der Waals surface area contributed by atoms with Crippen LogP contribution < -0.4 is 11.2 Å². The van der Waals surface area contributed by atoms with E-state index in [2.05, 4.69) is 18.4 Å². The van der Waals surface area contributed by atoms with Gasteiger partial charge in [0.15, 0.2) is 0 Å². The van der Waals surface area contributed by atoms with Crippen LogP contribution in [-0.4, -0.2) is 20.3 Å². The van der Waals surface area contributed by atoms with Gasteiger partial charge in [-0.2, -0.15) is 0 Å². The van der Waals surface area contributed by atoms with Gasteiger partial charge >= 0.3 is 5.69 Å². The molecule has 6 nitrogen and oxygen atoms in total. The summed E-state index contributed by atoms with van der Waals surface area (Å²) in [7, 11) is 3.17. The molecule has 0 radical (unpaired) electrons. The van der Waals surface area contributed by atoms with Gasteiger partial charge in [0.25, 0.3) is 5.56 Å². The van der Waals surface area contributed by atoms with Crippen molar-refractivity contribution in [2.24, 2.45) is 14.1 Å². The summed E-state index contributed by atoms with van der Waals surface area (Å²) in [6.45, 7) is 6.50. The predicted molar refractivity (Wildman–Crippen MR) is 126 cm³/mol. The van der Waals surface area contributed by atoms with Gasteiger partial charge in [-0.25, -0.2) is 9.18 Å². The largest absolute Gasteiger partial charge is 0.365 e. The lowest BCUT2D eigenvalue weighted by atomic mass is 9.98. The summed E-state index contributed by atoms with van der Waals surface area (Å²) in [5.41, 5.74) is 3.54. The summed E-state index contributed by atoms with van der Waals surface area (Å²) in [4.78, 5) is 26.5. The molecule has 2 aromatic carbocycles. The highest BCUT2D eigenvalue weighted by atomic mass is 19.1. The van der Waals surface area contributed by atoms with E-state index in [0.29, 0.717) is 17.5 Å². The molecule has 0 N–H and O–H groups in total. The van der Waals surface area contributed by atoms with Gasteiger partial charge in [-0.15, -0.1) is 0 Å². The monoisotopic (exact) mass is 447 g/mol. The molecule has 0 saturated heterocycles. The first-order valence-electron chi connectivity index (χ1n) is 10.9. The number of nitrogens with zero attached hydrogens (tertiary/aromatic N) is 3. The van der Waals surface area contributed by atoms with Crippen molar-refractivity contribution in [3.8, 4) is 11.3 Å². The normalized spacial score (nSPS) is 17.3. The molecule has 0 saturated carbocycles. The Morgan fingerprint density at radius 1 is 0.970 bits per heavy atom. The van der Waals surface area contributed by atoms with Crippen LogP contribution in [0.15, 0.2) is 58.1 Å². The highest BCUT2D eigenvalue weighted by Gasteiger charge is 2.40. The molecule has 3 heterocycles. The summed E-state index contributed by atoms with van der Waals surface area (Å²) in [6, 6.07) is 14.2. The third kappa shape index (κ3) is 3.10. The standard InChI is InChI=1S/C26H26FN3O3/c1-15-6-8-16(9-7-15)20-19-21(28(4)25(32)29(5)24(19)31)22-23(17-10-12-18(27)13-11-17)33-14-26(2,3)30(20)22/h6-13,23H,14H2,1-5H3. The molecule has 1 aliphatic rings. The Hall–Kier alpha value is -3.45. The lowest BCUT2D eigenvalue weighted by Gasteiger charge is -2.39. The van der Waals surface area contributed by atoms with Crippen LogP contribution in [0.5, 0.6) is 0 Å². The minimum absolute atomic E-state index is 0.336. The Morgan fingerprint density at radius 3 is 2.24 bits per heavy atom. The molecule has 2 aromatic heterocycles. The number of ether oxygens (including phenoxy) is 1. The Kier molecular flexibility index (Phi) is 4.72. The first kappa shape index (κ1) is 21.4. The number of hydrogen-bond acceptors (Lipinski definition) is 3. The highest BCUT2D eigenvalue weighted by Crippen LogP contribution is 2.45. The number of aryl methyl sites for hydroxylation is 2. The fraction of sp³-hybridized carbons (Fsp3) is 0.308. The number of halogens is 1. The van der Waals surface area contributed by atoms with E-state index in [-0.39, 0.29) is 11.4 Å². The maximum atomic E-state index is 13.7. The van der Waals surface area contributed by atoms with E-state index in [1.165, 1.54) is 23.7 Å². The lowest BCUT2D eigenvalue weighted by Crippen LogP contribution is -2.40. The summed E-state index contributed by atoms with van der Waals surface area (Å²) in [5.74, 6) is -0.336. The second kappa shape index (κ2) is 7.28. The van der Waals surface area contributed by atoms with Crippen molar-refractivity contribution in [2.45, 2.75) is 32.4 Å². The molecule has 0 spiro atoms. The Labute approximate surface area is 190 Å². The molecule has 1 aliphatic heterocycles. The summed E-state index contributed by atoms with van der Waals surface area (Å²) < 4.78 is 24.8. The third-order valence-corrected chi connectivity index (χ3v) is 6.56. The second-order valence-corrected chi connectivity index (χ2v) is 9.42. The van der Waals surface area contributed by atoms with Crippen LogP contribution in [0.2, 0.25) is 0 Å². The fourth-order valence-electron chi connectivity index (χ4n) is 4.87. The van der Waals surface area contributed by atoms with Crippen molar-refractivity contribution in [3.63, 3.8) is 0 Å². The number of rotatable bonds is 2. The van der Waals surface area contributed by atoms with Gasteiger partial charge in [-0.1, -0.05) is 42.0 Å². The summed E-state index contributed by atoms with van der Waals surface area (Å²) >= 11 is 0. The molecule has 4 aromatic rings. The molecule has 170 valence electrons. The number of hydrogen-bond donors (Lipinski definition) is 0. The van der Waals surface area contributed by atoms with E-state index in [9.17, 15) is 14.0 Å². The van der Waals surface area contributed by atoms with Gasteiger partial charge in [0.2, 0.25) is 0 Å². The molecule has 0 amide bonds. The van der Waals surface area contributed by atoms with Crippen LogP contribution in [0, 0.1) is 12.7 Å². The Morgan fingerprint density at radius 2 is 1.61 bits per heavy atom. The van der Waals surface area contributed by atoms with Crippen LogP contribution >= 0.6 is 0 Å². The fourth-order valence-corrected chi connectivity index (χ4v) is 4.87. The van der Waals surface area contributed by atoms with Crippen molar-refractivity contribution in [1.29, 1.82) is 0 Å². The van der Waals surface area contributed by atoms with Gasteiger partial charge in [-0.3, -0.25) is 13.9 Å². The van der Waals surface area contributed by atoms with Gasteiger partial charge in [0.05, 0.1) is 34.4 Å². The molecule has 1 atom stereocenters. The summed E-state index contributed by atoms with van der Waals surface area (Å²) in [6.07, 6.45) is -0.557. The Balaban J connectivity index is 2.00. The Bertz CT molecular complexity index is 1510. The average Bonchev–Trinajstić information content (AvgIpc) is 3.15. The van der Waals surface area contributed by atoms with Crippen molar-refractivity contribution in [2.75, 3.05) is 6.61 Å². The zero-order valence-corrected chi connectivity index (χ0v) is 19.3. The zero-order valence-electron chi connectivity index (χ0n) is 19.3. The van der Waals surface area contributed by atoms with E-state index in [1.807, 2.05) is 31.2 Å². The van der Waals surface area contributed by atoms with Crippen molar-refractivity contribution in [1.82, 2.24) is 13.7 Å². The van der Waals surface area contributed by atoms with Crippen molar-refractivity contribution >= 4 is 10.9 Å². The first-order chi connectivity index (χ1) is 15.6. The minimum Gasteiger partial charge on any atom is -0.365 e. The van der Waals surface area contributed by atoms with Crippen molar-refractivity contribution in [3.05, 3.63) is 92.0 Å². The van der Waals surface area contributed by atoms with E-state index in [0.717, 1.165) is 32.6 Å². The van der Waals surface area contributed by atoms with Crippen LogP contribution in [-0.2, 0) is 24.4 Å². The van der Waals surface area contributed by atoms with Crippen LogP contribution in [0.1, 0.15) is 36.8 Å². The molecule has 7 heteroatoms. The molecule has 0 fully saturated rings. The van der Waals surface area contributed by atoms with Crippen molar-refractivity contribution < 1.29 is 9.13 Å². The number of fused-ring (bicyclic) bond motifs is 3.